The molecule has 13 heteroatoms. The van der Waals surface area contributed by atoms with E-state index in [1.807, 2.05) is 0 Å². The van der Waals surface area contributed by atoms with E-state index in [0.717, 1.165) is 11.8 Å². The Morgan fingerprint density at radius 3 is 2.61 bits per heavy atom. The molecule has 0 fully saturated rings. The van der Waals surface area contributed by atoms with Crippen molar-refractivity contribution in [2.24, 2.45) is 0 Å². The molecule has 0 aliphatic heterocycles. The molecule has 0 spiro atoms. The van der Waals surface area contributed by atoms with Gasteiger partial charge in [0, 0.05) is 22.2 Å². The van der Waals surface area contributed by atoms with Crippen LogP contribution in [0.3, 0.4) is 0 Å². The van der Waals surface area contributed by atoms with Gasteiger partial charge < -0.3 is 10.6 Å². The molecule has 0 atom stereocenters. The van der Waals surface area contributed by atoms with Gasteiger partial charge in [0.05, 0.1) is 28.6 Å². The highest BCUT2D eigenvalue weighted by Gasteiger charge is 2.20. The predicted molar refractivity (Wildman–Crippen MR) is 141 cm³/mol. The summed E-state index contributed by atoms with van der Waals surface area (Å²) in [5.74, 6) is -1.28. The zero-order chi connectivity index (χ0) is 27.2. The number of rotatable bonds is 9. The van der Waals surface area contributed by atoms with Gasteiger partial charge >= 0.3 is 0 Å². The third kappa shape index (κ3) is 6.15. The van der Waals surface area contributed by atoms with E-state index in [2.05, 4.69) is 20.8 Å². The van der Waals surface area contributed by atoms with Crippen molar-refractivity contribution in [1.29, 1.82) is 0 Å². The molecule has 2 amide bonds. The van der Waals surface area contributed by atoms with Crippen LogP contribution in [-0.2, 0) is 11.3 Å². The quantitative estimate of drug-likeness (QED) is 0.170. The second-order valence-electron chi connectivity index (χ2n) is 7.92. The highest BCUT2D eigenvalue weighted by Crippen LogP contribution is 2.25. The number of carbonyl (C=O) groups excluding carboxylic acids is 2. The van der Waals surface area contributed by atoms with Gasteiger partial charge in [0.25, 0.3) is 11.6 Å². The largest absolute Gasteiger partial charge is 0.345 e. The zero-order valence-corrected chi connectivity index (χ0v) is 21.4. The number of nitro groups is 1. The van der Waals surface area contributed by atoms with E-state index in [4.69, 9.17) is 11.6 Å². The van der Waals surface area contributed by atoms with Crippen LogP contribution in [0.15, 0.2) is 71.9 Å². The van der Waals surface area contributed by atoms with Gasteiger partial charge in [0.2, 0.25) is 5.91 Å². The first-order chi connectivity index (χ1) is 18.2. The highest BCUT2D eigenvalue weighted by molar-refractivity contribution is 7.99. The lowest BCUT2D eigenvalue weighted by atomic mass is 10.1. The van der Waals surface area contributed by atoms with Gasteiger partial charge in [-0.25, -0.2) is 4.39 Å². The molecule has 38 heavy (non-hydrogen) atoms. The summed E-state index contributed by atoms with van der Waals surface area (Å²) in [7, 11) is 0. The van der Waals surface area contributed by atoms with Crippen molar-refractivity contribution in [2.75, 3.05) is 11.1 Å². The van der Waals surface area contributed by atoms with E-state index in [1.165, 1.54) is 43.3 Å². The molecule has 0 saturated carbocycles. The van der Waals surface area contributed by atoms with Crippen LogP contribution in [0.1, 0.15) is 21.7 Å². The number of nitrogens with one attached hydrogen (secondary N) is 2. The van der Waals surface area contributed by atoms with Crippen LogP contribution in [0.2, 0.25) is 5.02 Å². The van der Waals surface area contributed by atoms with Crippen molar-refractivity contribution in [3.63, 3.8) is 0 Å². The van der Waals surface area contributed by atoms with Crippen LogP contribution in [0.25, 0.3) is 5.69 Å². The SMILES string of the molecule is Cc1c(C(=O)NCc2nnc(SCC(=O)Nc3ccccc3F)n2-c2cccc(Cl)c2)cccc1[N+](=O)[O-]. The maximum atomic E-state index is 13.9. The minimum absolute atomic E-state index is 0.0641. The molecule has 0 radical (unpaired) electrons. The Labute approximate surface area is 225 Å². The van der Waals surface area contributed by atoms with E-state index in [9.17, 15) is 24.1 Å². The minimum Gasteiger partial charge on any atom is -0.345 e. The average molecular weight is 555 g/mol. The van der Waals surface area contributed by atoms with Crippen molar-refractivity contribution >= 4 is 46.6 Å². The molecule has 4 rings (SSSR count). The van der Waals surface area contributed by atoms with Crippen LogP contribution in [-0.4, -0.2) is 37.3 Å². The van der Waals surface area contributed by atoms with Gasteiger partial charge in [-0.15, -0.1) is 10.2 Å². The number of nitrogens with zero attached hydrogens (tertiary/aromatic N) is 4. The summed E-state index contributed by atoms with van der Waals surface area (Å²) >= 11 is 7.24. The highest BCUT2D eigenvalue weighted by atomic mass is 35.5. The van der Waals surface area contributed by atoms with E-state index < -0.39 is 22.6 Å². The molecule has 3 aromatic carbocycles. The van der Waals surface area contributed by atoms with Gasteiger partial charge in [0.15, 0.2) is 11.0 Å². The van der Waals surface area contributed by atoms with Crippen molar-refractivity contribution in [1.82, 2.24) is 20.1 Å². The fraction of sp³-hybridized carbons (Fsp3) is 0.120. The number of halogens is 2. The third-order valence-corrected chi connectivity index (χ3v) is 6.56. The van der Waals surface area contributed by atoms with Crippen molar-refractivity contribution in [3.8, 4) is 5.69 Å². The summed E-state index contributed by atoms with van der Waals surface area (Å²) in [6.45, 7) is 1.44. The maximum Gasteiger partial charge on any atom is 0.273 e. The average Bonchev–Trinajstić information content (AvgIpc) is 3.30. The van der Waals surface area contributed by atoms with Crippen LogP contribution in [0.4, 0.5) is 15.8 Å². The van der Waals surface area contributed by atoms with Crippen LogP contribution in [0, 0.1) is 22.9 Å². The molecule has 10 nitrogen and oxygen atoms in total. The summed E-state index contributed by atoms with van der Waals surface area (Å²) in [5.41, 5.74) is 0.896. The number of amides is 2. The molecule has 0 aliphatic rings. The number of hydrogen-bond acceptors (Lipinski definition) is 7. The number of anilines is 1. The number of para-hydroxylation sites is 1. The first-order valence-electron chi connectivity index (χ1n) is 11.1. The molecule has 0 bridgehead atoms. The Morgan fingerprint density at radius 1 is 1.11 bits per heavy atom. The third-order valence-electron chi connectivity index (χ3n) is 5.40. The topological polar surface area (TPSA) is 132 Å². The standard InChI is InChI=1S/C25H20ClFN6O4S/c1-15-18(8-5-11-21(15)33(36)37)24(35)28-13-22-30-31-25(32(22)17-7-4-6-16(26)12-17)38-14-23(34)29-20-10-3-2-9-19(20)27/h2-12H,13-14H2,1H3,(H,28,35)(H,29,34). The number of thioether (sulfide) groups is 1. The van der Waals surface area contributed by atoms with E-state index in [1.54, 1.807) is 34.9 Å². The molecule has 2 N–H and O–H groups in total. The molecule has 0 aliphatic carbocycles. The fourth-order valence-corrected chi connectivity index (χ4v) is 4.54. The van der Waals surface area contributed by atoms with Crippen molar-refractivity contribution < 1.29 is 18.9 Å². The maximum absolute atomic E-state index is 13.9. The molecule has 0 unspecified atom stereocenters. The Kier molecular flexibility index (Phi) is 8.34. The minimum atomic E-state index is -0.551. The molecular weight excluding hydrogens is 535 g/mol. The Morgan fingerprint density at radius 2 is 1.87 bits per heavy atom. The van der Waals surface area contributed by atoms with Crippen LogP contribution in [0.5, 0.6) is 0 Å². The summed E-state index contributed by atoms with van der Waals surface area (Å²) in [4.78, 5) is 36.0. The summed E-state index contributed by atoms with van der Waals surface area (Å²) in [6.07, 6.45) is 0. The molecule has 194 valence electrons. The molecule has 0 saturated heterocycles. The van der Waals surface area contributed by atoms with Gasteiger partial charge in [-0.1, -0.05) is 47.6 Å². The fourth-order valence-electron chi connectivity index (χ4n) is 3.58. The Bertz CT molecular complexity index is 1530. The number of hydrogen-bond donors (Lipinski definition) is 2. The Balaban J connectivity index is 1.54. The summed E-state index contributed by atoms with van der Waals surface area (Å²) < 4.78 is 15.5. The normalized spacial score (nSPS) is 10.7. The second-order valence-corrected chi connectivity index (χ2v) is 9.30. The van der Waals surface area contributed by atoms with E-state index >= 15 is 0 Å². The molecular formula is C25H20ClFN6O4S. The van der Waals surface area contributed by atoms with Crippen molar-refractivity contribution in [2.45, 2.75) is 18.6 Å². The van der Waals surface area contributed by atoms with Gasteiger partial charge in [0.1, 0.15) is 5.82 Å². The smallest absolute Gasteiger partial charge is 0.273 e. The van der Waals surface area contributed by atoms with Crippen molar-refractivity contribution in [3.05, 3.63) is 105 Å². The molecule has 4 aromatic rings. The van der Waals surface area contributed by atoms with Gasteiger partial charge in [-0.05, 0) is 43.3 Å². The van der Waals surface area contributed by atoms with Crippen LogP contribution >= 0.6 is 23.4 Å². The predicted octanol–water partition coefficient (Wildman–Crippen LogP) is 4.94. The number of carbonyl (C=O) groups is 2. The van der Waals surface area contributed by atoms with E-state index in [-0.39, 0.29) is 34.8 Å². The lowest BCUT2D eigenvalue weighted by molar-refractivity contribution is -0.385. The van der Waals surface area contributed by atoms with Gasteiger partial charge in [-0.2, -0.15) is 0 Å². The van der Waals surface area contributed by atoms with Gasteiger partial charge in [-0.3, -0.25) is 24.3 Å². The van der Waals surface area contributed by atoms with Crippen LogP contribution < -0.4 is 10.6 Å². The molecule has 1 aromatic heterocycles. The first kappa shape index (κ1) is 26.8. The second kappa shape index (κ2) is 11.8. The monoisotopic (exact) mass is 554 g/mol. The Hall–Kier alpha value is -4.29. The summed E-state index contributed by atoms with van der Waals surface area (Å²) in [5, 5.41) is 25.6. The lowest BCUT2D eigenvalue weighted by Gasteiger charge is -2.12. The molecule has 1 heterocycles. The summed E-state index contributed by atoms with van der Waals surface area (Å²) in [6, 6.07) is 16.9. The first-order valence-corrected chi connectivity index (χ1v) is 12.5. The lowest BCUT2D eigenvalue weighted by Crippen LogP contribution is -2.25. The number of nitro benzene ring substituents is 1. The number of benzene rings is 3. The number of aromatic nitrogens is 3. The zero-order valence-electron chi connectivity index (χ0n) is 19.9. The van der Waals surface area contributed by atoms with E-state index in [0.29, 0.717) is 21.7 Å².